The zero-order valence-electron chi connectivity index (χ0n) is 8.39. The van der Waals surface area contributed by atoms with E-state index in [2.05, 4.69) is 54.6 Å². The fourth-order valence-electron chi connectivity index (χ4n) is 2.09. The second kappa shape index (κ2) is 3.52. The van der Waals surface area contributed by atoms with Gasteiger partial charge in [-0.05, 0) is 16.3 Å². The zero-order valence-corrected chi connectivity index (χ0v) is 8.39. The summed E-state index contributed by atoms with van der Waals surface area (Å²) in [4.78, 5) is 0. The Morgan fingerprint density at radius 2 is 1.87 bits per heavy atom. The van der Waals surface area contributed by atoms with Crippen LogP contribution in [0.15, 0.2) is 54.6 Å². The highest BCUT2D eigenvalue weighted by Crippen LogP contribution is 2.29. The van der Waals surface area contributed by atoms with Gasteiger partial charge in [-0.25, -0.2) is 0 Å². The van der Waals surface area contributed by atoms with Crippen molar-refractivity contribution in [2.75, 3.05) is 6.61 Å². The highest BCUT2D eigenvalue weighted by Gasteiger charge is 2.14. The van der Waals surface area contributed by atoms with Gasteiger partial charge in [0, 0.05) is 0 Å². The molecular weight excluding hydrogens is 184 g/mol. The van der Waals surface area contributed by atoms with E-state index in [1.165, 1.54) is 16.3 Å². The largest absolute Gasteiger partial charge is 0.365 e. The molecule has 0 unspecified atom stereocenters. The summed E-state index contributed by atoms with van der Waals surface area (Å²) in [6.07, 6.45) is 4.34. The highest BCUT2D eigenvalue weighted by molar-refractivity contribution is 5.86. The summed E-state index contributed by atoms with van der Waals surface area (Å²) in [7, 11) is 0. The second-order valence-corrected chi connectivity index (χ2v) is 3.75. The summed E-state index contributed by atoms with van der Waals surface area (Å²) in [5.74, 6) is 0. The van der Waals surface area contributed by atoms with Crippen molar-refractivity contribution in [2.45, 2.75) is 6.10 Å². The van der Waals surface area contributed by atoms with Crippen LogP contribution in [-0.2, 0) is 4.74 Å². The van der Waals surface area contributed by atoms with Crippen LogP contribution in [0.2, 0.25) is 0 Å². The van der Waals surface area contributed by atoms with Crippen molar-refractivity contribution >= 4 is 10.8 Å². The van der Waals surface area contributed by atoms with Gasteiger partial charge in [0.2, 0.25) is 0 Å². The first-order chi connectivity index (χ1) is 7.45. The fourth-order valence-corrected chi connectivity index (χ4v) is 2.09. The second-order valence-electron chi connectivity index (χ2n) is 3.75. The van der Waals surface area contributed by atoms with Crippen molar-refractivity contribution in [3.8, 4) is 0 Å². The summed E-state index contributed by atoms with van der Waals surface area (Å²) < 4.78 is 5.64. The van der Waals surface area contributed by atoms with E-state index < -0.39 is 0 Å². The normalized spacial score (nSPS) is 19.9. The molecule has 3 rings (SSSR count). The van der Waals surface area contributed by atoms with E-state index in [0.717, 1.165) is 6.61 Å². The Morgan fingerprint density at radius 3 is 2.73 bits per heavy atom. The molecule has 2 aromatic carbocycles. The quantitative estimate of drug-likeness (QED) is 0.634. The molecular formula is C14H12O. The lowest BCUT2D eigenvalue weighted by atomic mass is 10.0. The molecule has 0 spiro atoms. The van der Waals surface area contributed by atoms with E-state index in [1.807, 2.05) is 0 Å². The molecule has 0 radical (unpaired) electrons. The van der Waals surface area contributed by atoms with Gasteiger partial charge in [-0.15, -0.1) is 0 Å². The van der Waals surface area contributed by atoms with Crippen LogP contribution < -0.4 is 0 Å². The molecule has 1 heterocycles. The Bertz CT molecular complexity index is 508. The monoisotopic (exact) mass is 196 g/mol. The van der Waals surface area contributed by atoms with E-state index in [1.54, 1.807) is 0 Å². The molecule has 0 aliphatic carbocycles. The lowest BCUT2D eigenvalue weighted by molar-refractivity contribution is 0.130. The van der Waals surface area contributed by atoms with E-state index >= 15 is 0 Å². The van der Waals surface area contributed by atoms with Crippen LogP contribution in [0.5, 0.6) is 0 Å². The molecule has 74 valence electrons. The van der Waals surface area contributed by atoms with Gasteiger partial charge in [0.15, 0.2) is 0 Å². The average Bonchev–Trinajstić information content (AvgIpc) is 2.82. The zero-order chi connectivity index (χ0) is 10.1. The van der Waals surface area contributed by atoms with Gasteiger partial charge < -0.3 is 4.74 Å². The number of hydrogen-bond donors (Lipinski definition) is 0. The summed E-state index contributed by atoms with van der Waals surface area (Å²) in [6, 6.07) is 14.8. The Kier molecular flexibility index (Phi) is 2.04. The molecule has 0 bridgehead atoms. The molecule has 1 atom stereocenters. The van der Waals surface area contributed by atoms with Crippen LogP contribution in [0, 0.1) is 0 Å². The number of benzene rings is 2. The maximum atomic E-state index is 5.64. The van der Waals surface area contributed by atoms with Crippen molar-refractivity contribution in [3.05, 3.63) is 60.2 Å². The molecule has 0 amide bonds. The Morgan fingerprint density at radius 1 is 1.00 bits per heavy atom. The molecule has 1 heteroatoms. The summed E-state index contributed by atoms with van der Waals surface area (Å²) in [6.45, 7) is 0.730. The molecule has 0 aromatic heterocycles. The van der Waals surface area contributed by atoms with Gasteiger partial charge in [0.25, 0.3) is 0 Å². The molecule has 1 aliphatic heterocycles. The predicted molar refractivity (Wildman–Crippen MR) is 61.8 cm³/mol. The lowest BCUT2D eigenvalue weighted by Gasteiger charge is -2.11. The summed E-state index contributed by atoms with van der Waals surface area (Å²) in [5.41, 5.74) is 1.27. The molecule has 0 fully saturated rings. The lowest BCUT2D eigenvalue weighted by Crippen LogP contribution is -1.96. The van der Waals surface area contributed by atoms with E-state index in [0.29, 0.717) is 0 Å². The third-order valence-corrected chi connectivity index (χ3v) is 2.81. The van der Waals surface area contributed by atoms with Gasteiger partial charge in [-0.3, -0.25) is 0 Å². The van der Waals surface area contributed by atoms with Crippen molar-refractivity contribution in [2.24, 2.45) is 0 Å². The standard InChI is InChI=1S/C14H12O/c1-2-7-12-11(5-1)6-3-8-13(12)14-9-4-10-15-14/h1-9,14H,10H2/t14-/m1/s1. The van der Waals surface area contributed by atoms with Crippen molar-refractivity contribution in [3.63, 3.8) is 0 Å². The van der Waals surface area contributed by atoms with Crippen molar-refractivity contribution < 1.29 is 4.74 Å². The van der Waals surface area contributed by atoms with Crippen molar-refractivity contribution in [1.82, 2.24) is 0 Å². The molecule has 1 nitrogen and oxygen atoms in total. The average molecular weight is 196 g/mol. The van der Waals surface area contributed by atoms with Crippen LogP contribution in [0.1, 0.15) is 11.7 Å². The van der Waals surface area contributed by atoms with Gasteiger partial charge in [0.1, 0.15) is 6.10 Å². The van der Waals surface area contributed by atoms with Gasteiger partial charge >= 0.3 is 0 Å². The molecule has 0 saturated heterocycles. The molecule has 0 saturated carbocycles. The molecule has 1 aliphatic rings. The molecule has 2 aromatic rings. The molecule has 15 heavy (non-hydrogen) atoms. The van der Waals surface area contributed by atoms with Crippen molar-refractivity contribution in [1.29, 1.82) is 0 Å². The third kappa shape index (κ3) is 1.45. The minimum Gasteiger partial charge on any atom is -0.365 e. The first-order valence-electron chi connectivity index (χ1n) is 5.21. The van der Waals surface area contributed by atoms with Crippen LogP contribution in [-0.4, -0.2) is 6.61 Å². The first-order valence-corrected chi connectivity index (χ1v) is 5.21. The summed E-state index contributed by atoms with van der Waals surface area (Å²) >= 11 is 0. The Hall–Kier alpha value is -1.60. The number of fused-ring (bicyclic) bond motifs is 1. The minimum absolute atomic E-state index is 0.135. The number of hydrogen-bond acceptors (Lipinski definition) is 1. The third-order valence-electron chi connectivity index (χ3n) is 2.81. The fraction of sp³-hybridized carbons (Fsp3) is 0.143. The van der Waals surface area contributed by atoms with E-state index in [-0.39, 0.29) is 6.10 Å². The Labute approximate surface area is 89.0 Å². The minimum atomic E-state index is 0.135. The smallest absolute Gasteiger partial charge is 0.102 e. The van der Waals surface area contributed by atoms with Crippen LogP contribution in [0.3, 0.4) is 0 Å². The van der Waals surface area contributed by atoms with Gasteiger partial charge in [0.05, 0.1) is 6.61 Å². The van der Waals surface area contributed by atoms with Gasteiger partial charge in [-0.2, -0.15) is 0 Å². The Balaban J connectivity index is 2.21. The SMILES string of the molecule is C1=C[C@H](c2cccc3ccccc23)OC1. The summed E-state index contributed by atoms with van der Waals surface area (Å²) in [5, 5.41) is 2.57. The van der Waals surface area contributed by atoms with E-state index in [9.17, 15) is 0 Å². The van der Waals surface area contributed by atoms with Crippen LogP contribution in [0.25, 0.3) is 10.8 Å². The number of ether oxygens (including phenoxy) is 1. The van der Waals surface area contributed by atoms with Crippen LogP contribution in [0.4, 0.5) is 0 Å². The highest BCUT2D eigenvalue weighted by atomic mass is 16.5. The topological polar surface area (TPSA) is 9.23 Å². The predicted octanol–water partition coefficient (Wildman–Crippen LogP) is 3.47. The van der Waals surface area contributed by atoms with Crippen LogP contribution >= 0.6 is 0 Å². The first kappa shape index (κ1) is 8.69. The molecule has 0 N–H and O–H groups in total. The van der Waals surface area contributed by atoms with E-state index in [4.69, 9.17) is 4.74 Å². The number of rotatable bonds is 1. The maximum Gasteiger partial charge on any atom is 0.102 e. The van der Waals surface area contributed by atoms with Gasteiger partial charge in [-0.1, -0.05) is 54.6 Å². The maximum absolute atomic E-state index is 5.64.